The van der Waals surface area contributed by atoms with Gasteiger partial charge in [0.25, 0.3) is 11.8 Å². The number of rotatable bonds is 6. The van der Waals surface area contributed by atoms with Gasteiger partial charge in [0.05, 0.1) is 6.20 Å². The van der Waals surface area contributed by atoms with Crippen LogP contribution in [0.4, 0.5) is 0 Å². The van der Waals surface area contributed by atoms with Gasteiger partial charge >= 0.3 is 0 Å². The minimum Gasteiger partial charge on any atom is -0.347 e. The fourth-order valence-corrected chi connectivity index (χ4v) is 3.61. The standard InChI is InChI=1S/C15H17BrN4O3S/c1-3-20(15(23)10-6-17-18-7-12(10)21)8-9(2)19-14(22)13-11(16)4-5-24-13/h4-7,9H,3,8H2,1-2H3,(H,17,21)(H,19,22). The Morgan fingerprint density at radius 3 is 2.83 bits per heavy atom. The monoisotopic (exact) mass is 412 g/mol. The Morgan fingerprint density at radius 1 is 1.50 bits per heavy atom. The van der Waals surface area contributed by atoms with Crippen LogP contribution in [0, 0.1) is 0 Å². The molecule has 2 N–H and O–H groups in total. The lowest BCUT2D eigenvalue weighted by atomic mass is 10.2. The van der Waals surface area contributed by atoms with Crippen molar-refractivity contribution in [3.63, 3.8) is 0 Å². The molecule has 9 heteroatoms. The summed E-state index contributed by atoms with van der Waals surface area (Å²) in [6, 6.07) is 1.54. The number of aromatic amines is 1. The summed E-state index contributed by atoms with van der Waals surface area (Å²) in [7, 11) is 0. The largest absolute Gasteiger partial charge is 0.347 e. The van der Waals surface area contributed by atoms with E-state index in [1.165, 1.54) is 22.4 Å². The SMILES string of the molecule is CCN(CC(C)NC(=O)c1sccc1Br)C(=O)c1c[nH]ncc1=O. The van der Waals surface area contributed by atoms with E-state index in [1.807, 2.05) is 25.3 Å². The van der Waals surface area contributed by atoms with Gasteiger partial charge in [-0.25, -0.2) is 0 Å². The van der Waals surface area contributed by atoms with Crippen LogP contribution >= 0.6 is 27.3 Å². The fraction of sp³-hybridized carbons (Fsp3) is 0.333. The van der Waals surface area contributed by atoms with Crippen LogP contribution in [0.3, 0.4) is 0 Å². The Hall–Kier alpha value is -2.00. The molecule has 2 rings (SSSR count). The minimum absolute atomic E-state index is 0.0337. The van der Waals surface area contributed by atoms with Crippen LogP contribution < -0.4 is 10.7 Å². The first-order valence-electron chi connectivity index (χ1n) is 7.30. The van der Waals surface area contributed by atoms with Crippen molar-refractivity contribution in [2.24, 2.45) is 0 Å². The van der Waals surface area contributed by atoms with Gasteiger partial charge in [0.15, 0.2) is 0 Å². The third-order valence-electron chi connectivity index (χ3n) is 3.33. The molecule has 0 aromatic carbocycles. The smallest absolute Gasteiger partial charge is 0.262 e. The molecule has 0 spiro atoms. The number of halogens is 1. The minimum atomic E-state index is -0.434. The van der Waals surface area contributed by atoms with Crippen molar-refractivity contribution in [3.05, 3.63) is 49.0 Å². The topological polar surface area (TPSA) is 95.2 Å². The number of likely N-dealkylation sites (N-methyl/N-ethyl adjacent to an activating group) is 1. The average Bonchev–Trinajstić information content (AvgIpc) is 2.98. The molecule has 0 aliphatic rings. The number of nitrogens with zero attached hydrogens (tertiary/aromatic N) is 2. The van der Waals surface area contributed by atoms with Gasteiger partial charge in [-0.3, -0.25) is 19.5 Å². The molecule has 1 atom stereocenters. The fourth-order valence-electron chi connectivity index (χ4n) is 2.15. The number of H-pyrrole nitrogens is 1. The molecular weight excluding hydrogens is 396 g/mol. The maximum absolute atomic E-state index is 12.5. The second-order valence-electron chi connectivity index (χ2n) is 5.13. The molecule has 1 unspecified atom stereocenters. The molecule has 2 heterocycles. The van der Waals surface area contributed by atoms with E-state index in [2.05, 4.69) is 31.4 Å². The molecular formula is C15H17BrN4O3S. The van der Waals surface area contributed by atoms with Gasteiger partial charge in [-0.2, -0.15) is 5.10 Å². The lowest BCUT2D eigenvalue weighted by Crippen LogP contribution is -2.45. The lowest BCUT2D eigenvalue weighted by molar-refractivity contribution is 0.0736. The normalized spacial score (nSPS) is 11.8. The predicted octanol–water partition coefficient (Wildman–Crippen LogP) is 1.87. The van der Waals surface area contributed by atoms with Gasteiger partial charge in [-0.15, -0.1) is 11.3 Å². The molecule has 0 radical (unpaired) electrons. The summed E-state index contributed by atoms with van der Waals surface area (Å²) in [5.74, 6) is -0.589. The summed E-state index contributed by atoms with van der Waals surface area (Å²) < 4.78 is 0.740. The number of thiophene rings is 1. The molecule has 2 aromatic heterocycles. The Bertz CT molecular complexity index is 789. The van der Waals surface area contributed by atoms with Crippen molar-refractivity contribution in [2.45, 2.75) is 19.9 Å². The van der Waals surface area contributed by atoms with Crippen molar-refractivity contribution >= 4 is 39.1 Å². The van der Waals surface area contributed by atoms with Gasteiger partial charge < -0.3 is 10.2 Å². The van der Waals surface area contributed by atoms with Crippen molar-refractivity contribution < 1.29 is 9.59 Å². The second-order valence-corrected chi connectivity index (χ2v) is 6.90. The van der Waals surface area contributed by atoms with Crippen molar-refractivity contribution in [1.29, 1.82) is 0 Å². The molecule has 0 aliphatic heterocycles. The zero-order valence-electron chi connectivity index (χ0n) is 13.2. The summed E-state index contributed by atoms with van der Waals surface area (Å²) in [4.78, 5) is 38.5. The van der Waals surface area contributed by atoms with Crippen LogP contribution in [-0.4, -0.2) is 46.0 Å². The third kappa shape index (κ3) is 4.30. The molecule has 2 aromatic rings. The second kappa shape index (κ2) is 8.20. The van der Waals surface area contributed by atoms with Crippen LogP contribution in [0.2, 0.25) is 0 Å². The molecule has 0 fully saturated rings. The van der Waals surface area contributed by atoms with Crippen LogP contribution in [0.1, 0.15) is 33.9 Å². The first-order chi connectivity index (χ1) is 11.4. The van der Waals surface area contributed by atoms with Gasteiger partial charge in [0.1, 0.15) is 10.4 Å². The first kappa shape index (κ1) is 18.3. The number of carbonyl (C=O) groups is 2. The van der Waals surface area contributed by atoms with E-state index >= 15 is 0 Å². The van der Waals surface area contributed by atoms with Gasteiger partial charge in [-0.05, 0) is 41.2 Å². The number of carbonyl (C=O) groups excluding carboxylic acids is 2. The predicted molar refractivity (Wildman–Crippen MR) is 95.4 cm³/mol. The Kier molecular flexibility index (Phi) is 6.27. The summed E-state index contributed by atoms with van der Waals surface area (Å²) in [5, 5.41) is 10.8. The summed E-state index contributed by atoms with van der Waals surface area (Å²) >= 11 is 4.66. The highest BCUT2D eigenvalue weighted by Gasteiger charge is 2.21. The lowest BCUT2D eigenvalue weighted by Gasteiger charge is -2.25. The molecule has 0 saturated carbocycles. The van der Waals surface area contributed by atoms with Crippen molar-refractivity contribution in [1.82, 2.24) is 20.4 Å². The van der Waals surface area contributed by atoms with E-state index in [4.69, 9.17) is 0 Å². The van der Waals surface area contributed by atoms with E-state index in [-0.39, 0.29) is 23.4 Å². The van der Waals surface area contributed by atoms with Crippen LogP contribution in [0.25, 0.3) is 0 Å². The maximum atomic E-state index is 12.5. The number of hydrogen-bond donors (Lipinski definition) is 2. The molecule has 7 nitrogen and oxygen atoms in total. The summed E-state index contributed by atoms with van der Waals surface area (Å²) in [6.07, 6.45) is 2.36. The molecule has 0 saturated heterocycles. The van der Waals surface area contributed by atoms with E-state index < -0.39 is 5.43 Å². The molecule has 128 valence electrons. The zero-order chi connectivity index (χ0) is 17.7. The Balaban J connectivity index is 2.03. The molecule has 0 bridgehead atoms. The van der Waals surface area contributed by atoms with Crippen LogP contribution in [-0.2, 0) is 0 Å². The molecule has 2 amide bonds. The summed E-state index contributed by atoms with van der Waals surface area (Å²) in [6.45, 7) is 4.35. The highest BCUT2D eigenvalue weighted by atomic mass is 79.9. The average molecular weight is 413 g/mol. The third-order valence-corrected chi connectivity index (χ3v) is 5.16. The quantitative estimate of drug-likeness (QED) is 0.756. The van der Waals surface area contributed by atoms with Crippen LogP contribution in [0.5, 0.6) is 0 Å². The van der Waals surface area contributed by atoms with Crippen LogP contribution in [0.15, 0.2) is 33.1 Å². The zero-order valence-corrected chi connectivity index (χ0v) is 15.6. The van der Waals surface area contributed by atoms with Gasteiger partial charge in [-0.1, -0.05) is 0 Å². The number of aromatic nitrogens is 2. The molecule has 24 heavy (non-hydrogen) atoms. The van der Waals surface area contributed by atoms with E-state index in [1.54, 1.807) is 0 Å². The van der Waals surface area contributed by atoms with E-state index in [9.17, 15) is 14.4 Å². The van der Waals surface area contributed by atoms with Gasteiger partial charge in [0.2, 0.25) is 5.43 Å². The van der Waals surface area contributed by atoms with Crippen molar-refractivity contribution in [2.75, 3.05) is 13.1 Å². The highest BCUT2D eigenvalue weighted by molar-refractivity contribution is 9.10. The first-order valence-corrected chi connectivity index (χ1v) is 8.97. The number of nitrogens with one attached hydrogen (secondary N) is 2. The maximum Gasteiger partial charge on any atom is 0.262 e. The Morgan fingerprint density at radius 2 is 2.25 bits per heavy atom. The van der Waals surface area contributed by atoms with Crippen molar-refractivity contribution in [3.8, 4) is 0 Å². The summed E-state index contributed by atoms with van der Waals surface area (Å²) in [5.41, 5.74) is -0.400. The Labute approximate surface area is 151 Å². The van der Waals surface area contributed by atoms with E-state index in [0.29, 0.717) is 18.0 Å². The van der Waals surface area contributed by atoms with Gasteiger partial charge in [0, 0.05) is 29.8 Å². The van der Waals surface area contributed by atoms with E-state index in [0.717, 1.165) is 10.7 Å². The highest BCUT2D eigenvalue weighted by Crippen LogP contribution is 2.22. The number of hydrogen-bond acceptors (Lipinski definition) is 5. The number of amides is 2. The molecule has 0 aliphatic carbocycles.